The van der Waals surface area contributed by atoms with E-state index in [4.69, 9.17) is 8.85 Å². The zero-order valence-electron chi connectivity index (χ0n) is 30.7. The van der Waals surface area contributed by atoms with Gasteiger partial charge in [-0.2, -0.15) is 0 Å². The molecule has 0 amide bonds. The average Bonchev–Trinajstić information content (AvgIpc) is 3.68. The molecule has 0 radical (unpaired) electrons. The van der Waals surface area contributed by atoms with E-state index < -0.39 is 16.6 Å². The molecule has 4 rings (SSSR count). The summed E-state index contributed by atoms with van der Waals surface area (Å²) in [7, 11) is -3.90. The van der Waals surface area contributed by atoms with Crippen LogP contribution in [0.2, 0.25) is 36.3 Å². The number of hydrogen-bond acceptors (Lipinski definition) is 3. The second kappa shape index (κ2) is 13.1. The van der Waals surface area contributed by atoms with Crippen molar-refractivity contribution in [1.29, 1.82) is 0 Å². The van der Waals surface area contributed by atoms with Gasteiger partial charge in [-0.15, -0.1) is 0 Å². The molecule has 0 aromatic heterocycles. The molecule has 0 spiro atoms. The van der Waals surface area contributed by atoms with Crippen molar-refractivity contribution in [2.75, 3.05) is 0 Å². The summed E-state index contributed by atoms with van der Waals surface area (Å²) >= 11 is 0. The average molecular weight is 641 g/mol. The maximum Gasteiger partial charge on any atom is 0.192 e. The third kappa shape index (κ3) is 7.86. The Labute approximate surface area is 274 Å². The summed E-state index contributed by atoms with van der Waals surface area (Å²) in [4.78, 5) is 0. The van der Waals surface area contributed by atoms with Crippen molar-refractivity contribution in [1.82, 2.24) is 0 Å². The van der Waals surface area contributed by atoms with Gasteiger partial charge in [0, 0.05) is 6.42 Å². The molecule has 1 N–H and O–H groups in total. The Hall–Kier alpha value is -0.726. The molecule has 0 aliphatic heterocycles. The smallest absolute Gasteiger partial charge is 0.192 e. The van der Waals surface area contributed by atoms with E-state index in [-0.39, 0.29) is 28.4 Å². The van der Waals surface area contributed by atoms with Crippen LogP contribution in [0.25, 0.3) is 0 Å². The Kier molecular flexibility index (Phi) is 10.7. The first-order valence-electron chi connectivity index (χ1n) is 18.0. The monoisotopic (exact) mass is 640 g/mol. The van der Waals surface area contributed by atoms with Crippen LogP contribution in [0, 0.1) is 29.1 Å². The van der Waals surface area contributed by atoms with E-state index in [1.54, 1.807) is 5.57 Å². The summed E-state index contributed by atoms with van der Waals surface area (Å²) < 4.78 is 14.2. The zero-order chi connectivity index (χ0) is 32.9. The summed E-state index contributed by atoms with van der Waals surface area (Å²) in [5, 5.41) is 10.8. The van der Waals surface area contributed by atoms with Crippen molar-refractivity contribution >= 4 is 16.6 Å². The molecule has 0 saturated heterocycles. The number of allylic oxidation sites excluding steroid dienone is 4. The van der Waals surface area contributed by atoms with Crippen LogP contribution in [-0.2, 0) is 8.85 Å². The molecule has 4 saturated carbocycles. The van der Waals surface area contributed by atoms with Gasteiger partial charge in [-0.05, 0) is 128 Å². The fraction of sp³-hybridized carbons (Fsp3) is 0.795. The highest BCUT2D eigenvalue weighted by Crippen LogP contribution is 2.59. The first-order chi connectivity index (χ1) is 20.2. The number of fused-ring (bicyclic) bond motifs is 1. The lowest BCUT2D eigenvalue weighted by Gasteiger charge is -2.45. The lowest BCUT2D eigenvalue weighted by Crippen LogP contribution is -2.49. The number of aliphatic hydroxyl groups is 1. The topological polar surface area (TPSA) is 38.7 Å². The van der Waals surface area contributed by atoms with Gasteiger partial charge in [-0.25, -0.2) is 0 Å². The minimum Gasteiger partial charge on any atom is -0.413 e. The predicted octanol–water partition coefficient (Wildman–Crippen LogP) is 11.1. The Morgan fingerprint density at radius 2 is 1.52 bits per heavy atom. The molecule has 7 atom stereocenters. The van der Waals surface area contributed by atoms with Crippen LogP contribution in [0.4, 0.5) is 0 Å². The summed E-state index contributed by atoms with van der Waals surface area (Å²) in [6, 6.07) is 0. The van der Waals surface area contributed by atoms with E-state index >= 15 is 0 Å². The molecular formula is C39H68O3Si2. The molecule has 0 bridgehead atoms. The van der Waals surface area contributed by atoms with Crippen LogP contribution >= 0.6 is 0 Å². The second-order valence-electron chi connectivity index (χ2n) is 18.4. The highest BCUT2D eigenvalue weighted by molar-refractivity contribution is 6.74. The molecule has 0 aromatic rings. The Balaban J connectivity index is 1.57. The molecule has 4 fully saturated rings. The maximum absolute atomic E-state index is 10.5. The lowest BCUT2D eigenvalue weighted by molar-refractivity contribution is 0.0969. The van der Waals surface area contributed by atoms with Crippen LogP contribution in [0.15, 0.2) is 47.6 Å². The third-order valence-corrected chi connectivity index (χ3v) is 22.1. The van der Waals surface area contributed by atoms with E-state index in [1.165, 1.54) is 56.1 Å². The van der Waals surface area contributed by atoms with Crippen molar-refractivity contribution in [2.45, 2.75) is 168 Å². The molecular weight excluding hydrogens is 573 g/mol. The molecule has 250 valence electrons. The summed E-state index contributed by atoms with van der Waals surface area (Å²) in [6.07, 6.45) is 19.9. The molecule has 44 heavy (non-hydrogen) atoms. The largest absolute Gasteiger partial charge is 0.413 e. The SMILES string of the molecule is C=C1C(=CC=C2CCC[C@]3(C)[C@@H]([C@H](C)C=C[C@@H](O)C4CC4)CC[C@@H]23)C[C@@H](O[Si](C)(C)C(C)(C)C)C[C@@H]1O[Si](C)(C)C(C)(C)C. The molecule has 4 aliphatic rings. The van der Waals surface area contributed by atoms with Gasteiger partial charge in [0.15, 0.2) is 16.6 Å². The van der Waals surface area contributed by atoms with Gasteiger partial charge >= 0.3 is 0 Å². The predicted molar refractivity (Wildman–Crippen MR) is 194 cm³/mol. The van der Waals surface area contributed by atoms with Crippen molar-refractivity contribution in [3.63, 3.8) is 0 Å². The molecule has 0 heterocycles. The quantitative estimate of drug-likeness (QED) is 0.201. The van der Waals surface area contributed by atoms with Gasteiger partial charge in [0.05, 0.1) is 18.3 Å². The fourth-order valence-electron chi connectivity index (χ4n) is 7.93. The van der Waals surface area contributed by atoms with Crippen LogP contribution in [-0.4, -0.2) is 40.1 Å². The van der Waals surface area contributed by atoms with Crippen molar-refractivity contribution in [3.05, 3.63) is 47.6 Å². The van der Waals surface area contributed by atoms with Gasteiger partial charge in [0.25, 0.3) is 0 Å². The molecule has 5 heteroatoms. The lowest BCUT2D eigenvalue weighted by atomic mass is 9.61. The van der Waals surface area contributed by atoms with Crippen molar-refractivity contribution in [3.8, 4) is 0 Å². The highest BCUT2D eigenvalue weighted by atomic mass is 28.4. The van der Waals surface area contributed by atoms with Crippen molar-refractivity contribution < 1.29 is 14.0 Å². The van der Waals surface area contributed by atoms with Crippen LogP contribution in [0.3, 0.4) is 0 Å². The van der Waals surface area contributed by atoms with E-state index in [0.29, 0.717) is 29.1 Å². The van der Waals surface area contributed by atoms with E-state index in [0.717, 1.165) is 12.8 Å². The first kappa shape index (κ1) is 36.1. The minimum absolute atomic E-state index is 0.0233. The van der Waals surface area contributed by atoms with Gasteiger partial charge in [-0.3, -0.25) is 0 Å². The molecule has 4 aliphatic carbocycles. The van der Waals surface area contributed by atoms with Gasteiger partial charge in [0.1, 0.15) is 0 Å². The zero-order valence-corrected chi connectivity index (χ0v) is 32.7. The first-order valence-corrected chi connectivity index (χ1v) is 23.8. The normalized spacial score (nSPS) is 34.2. The van der Waals surface area contributed by atoms with E-state index in [2.05, 4.69) is 112 Å². The standard InChI is InChI=1S/C39H68O3Si2/c1-27(16-23-35(40)30-18-19-30)33-21-22-34-29(15-14-24-39(33,34)9)17-20-31-25-32(41-43(10,11)37(3,4)5)26-36(28(31)2)42-44(12,13)38(6,7)8/h16-17,20,23,27,30,32-36,40H,2,14-15,18-19,21-22,24-26H2,1,3-13H3/t27-,32-,33-,34+,35-,36+,39-/m1/s1. The number of rotatable bonds is 9. The number of hydrogen-bond donors (Lipinski definition) is 1. The van der Waals surface area contributed by atoms with Gasteiger partial charge in [-0.1, -0.05) is 91.8 Å². The Morgan fingerprint density at radius 1 is 0.909 bits per heavy atom. The van der Waals surface area contributed by atoms with Crippen LogP contribution < -0.4 is 0 Å². The number of aliphatic hydroxyl groups excluding tert-OH is 1. The summed E-state index contributed by atoms with van der Waals surface area (Å²) in [5.74, 6) is 2.35. The maximum atomic E-state index is 10.5. The second-order valence-corrected chi connectivity index (χ2v) is 27.9. The third-order valence-electron chi connectivity index (χ3n) is 13.1. The minimum atomic E-state index is -1.98. The Bertz CT molecular complexity index is 1130. The van der Waals surface area contributed by atoms with Crippen LogP contribution in [0.1, 0.15) is 113 Å². The molecule has 0 unspecified atom stereocenters. The highest BCUT2D eigenvalue weighted by Gasteiger charge is 2.50. The summed E-state index contributed by atoms with van der Waals surface area (Å²) in [5.41, 5.74) is 4.49. The van der Waals surface area contributed by atoms with Crippen LogP contribution in [0.5, 0.6) is 0 Å². The molecule has 3 nitrogen and oxygen atoms in total. The van der Waals surface area contributed by atoms with Gasteiger partial charge in [0.2, 0.25) is 0 Å². The summed E-state index contributed by atoms with van der Waals surface area (Å²) in [6.45, 7) is 33.2. The van der Waals surface area contributed by atoms with Gasteiger partial charge < -0.3 is 14.0 Å². The Morgan fingerprint density at radius 3 is 2.11 bits per heavy atom. The fourth-order valence-corrected chi connectivity index (χ4v) is 10.6. The molecule has 0 aromatic carbocycles. The van der Waals surface area contributed by atoms with E-state index in [1.807, 2.05) is 0 Å². The van der Waals surface area contributed by atoms with Crippen molar-refractivity contribution in [2.24, 2.45) is 29.1 Å². The van der Waals surface area contributed by atoms with E-state index in [9.17, 15) is 5.11 Å².